The van der Waals surface area contributed by atoms with Crippen LogP contribution in [0.25, 0.3) is 0 Å². The van der Waals surface area contributed by atoms with Crippen molar-refractivity contribution >= 4 is 0 Å². The second-order valence-corrected chi connectivity index (χ2v) is 4.63. The van der Waals surface area contributed by atoms with E-state index in [1.807, 2.05) is 0 Å². The first-order valence-corrected chi connectivity index (χ1v) is 6.20. The van der Waals surface area contributed by atoms with E-state index in [2.05, 4.69) is 18.7 Å². The van der Waals surface area contributed by atoms with E-state index in [4.69, 9.17) is 10.5 Å². The summed E-state index contributed by atoms with van der Waals surface area (Å²) < 4.78 is 5.36. The maximum atomic E-state index is 5.94. The van der Waals surface area contributed by atoms with Crippen molar-refractivity contribution in [2.24, 2.45) is 5.73 Å². The van der Waals surface area contributed by atoms with Crippen molar-refractivity contribution in [3.05, 3.63) is 0 Å². The second kappa shape index (κ2) is 5.83. The molecular weight excluding hydrogens is 188 g/mol. The smallest absolute Gasteiger partial charge is 0.0607 e. The third-order valence-electron chi connectivity index (χ3n) is 3.76. The minimum atomic E-state index is 0.241. The molecule has 0 amide bonds. The fourth-order valence-electron chi connectivity index (χ4n) is 2.59. The minimum absolute atomic E-state index is 0.241. The summed E-state index contributed by atoms with van der Waals surface area (Å²) in [5, 5.41) is 0. The highest BCUT2D eigenvalue weighted by molar-refractivity contribution is 5.04. The van der Waals surface area contributed by atoms with Gasteiger partial charge >= 0.3 is 0 Å². The molecule has 0 atom stereocenters. The summed E-state index contributed by atoms with van der Waals surface area (Å²) in [6.07, 6.45) is 5.18. The number of unbranched alkanes of at least 4 members (excludes halogenated alkanes) is 1. The van der Waals surface area contributed by atoms with Gasteiger partial charge in [-0.3, -0.25) is 4.90 Å². The number of hydrogen-bond acceptors (Lipinski definition) is 3. The van der Waals surface area contributed by atoms with E-state index < -0.39 is 0 Å². The highest BCUT2D eigenvalue weighted by Crippen LogP contribution is 2.38. The van der Waals surface area contributed by atoms with Crippen molar-refractivity contribution in [3.63, 3.8) is 0 Å². The normalized spacial score (nSPS) is 30.6. The van der Waals surface area contributed by atoms with Gasteiger partial charge in [-0.05, 0) is 32.4 Å². The van der Waals surface area contributed by atoms with Crippen molar-refractivity contribution < 1.29 is 4.74 Å². The molecule has 0 bridgehead atoms. The van der Waals surface area contributed by atoms with Gasteiger partial charge in [-0.1, -0.05) is 20.3 Å². The second-order valence-electron chi connectivity index (χ2n) is 4.63. The lowest BCUT2D eigenvalue weighted by molar-refractivity contribution is -0.0859. The number of ether oxygens (including phenoxy) is 1. The molecule has 0 aromatic carbocycles. The summed E-state index contributed by atoms with van der Waals surface area (Å²) in [7, 11) is 1.80. The third kappa shape index (κ3) is 2.71. The summed E-state index contributed by atoms with van der Waals surface area (Å²) in [6.45, 7) is 7.52. The molecule has 90 valence electrons. The molecule has 0 aromatic heterocycles. The van der Waals surface area contributed by atoms with E-state index >= 15 is 0 Å². The van der Waals surface area contributed by atoms with Gasteiger partial charge in [-0.15, -0.1) is 0 Å². The van der Waals surface area contributed by atoms with Gasteiger partial charge in [-0.25, -0.2) is 0 Å². The molecule has 3 nitrogen and oxygen atoms in total. The van der Waals surface area contributed by atoms with Crippen LogP contribution in [0.3, 0.4) is 0 Å². The highest BCUT2D eigenvalue weighted by Gasteiger charge is 2.46. The van der Waals surface area contributed by atoms with E-state index in [1.165, 1.54) is 19.4 Å². The maximum Gasteiger partial charge on any atom is 0.0607 e. The fourth-order valence-corrected chi connectivity index (χ4v) is 2.59. The highest BCUT2D eigenvalue weighted by atomic mass is 16.5. The van der Waals surface area contributed by atoms with Crippen molar-refractivity contribution in [1.82, 2.24) is 4.90 Å². The molecule has 15 heavy (non-hydrogen) atoms. The molecule has 0 aromatic rings. The maximum absolute atomic E-state index is 5.94. The molecule has 0 unspecified atom stereocenters. The Morgan fingerprint density at radius 1 is 1.40 bits per heavy atom. The number of nitrogens with two attached hydrogens (primary N) is 1. The van der Waals surface area contributed by atoms with Crippen LogP contribution in [0.15, 0.2) is 0 Å². The number of methoxy groups -OCH3 is 1. The molecule has 1 rings (SSSR count). The van der Waals surface area contributed by atoms with Crippen LogP contribution in [-0.4, -0.2) is 43.3 Å². The van der Waals surface area contributed by atoms with Crippen LogP contribution >= 0.6 is 0 Å². The molecule has 2 N–H and O–H groups in total. The largest absolute Gasteiger partial charge is 0.381 e. The predicted octanol–water partition coefficient (Wildman–Crippen LogP) is 1.61. The molecule has 1 fully saturated rings. The Kier molecular flexibility index (Phi) is 5.03. The first kappa shape index (κ1) is 12.9. The van der Waals surface area contributed by atoms with Crippen LogP contribution in [0.2, 0.25) is 0 Å². The molecule has 1 aliphatic rings. The van der Waals surface area contributed by atoms with Gasteiger partial charge in [-0.2, -0.15) is 0 Å². The van der Waals surface area contributed by atoms with Crippen molar-refractivity contribution in [2.45, 2.75) is 51.2 Å². The molecular formula is C12H26N2O. The lowest BCUT2D eigenvalue weighted by Crippen LogP contribution is -2.64. The Labute approximate surface area is 94.0 Å². The lowest BCUT2D eigenvalue weighted by atomic mass is 9.72. The molecule has 1 saturated carbocycles. The van der Waals surface area contributed by atoms with Crippen molar-refractivity contribution in [3.8, 4) is 0 Å². The molecule has 0 heterocycles. The van der Waals surface area contributed by atoms with E-state index in [9.17, 15) is 0 Å². The van der Waals surface area contributed by atoms with E-state index in [0.717, 1.165) is 25.9 Å². The van der Waals surface area contributed by atoms with Gasteiger partial charge in [0.1, 0.15) is 0 Å². The summed E-state index contributed by atoms with van der Waals surface area (Å²) in [4.78, 5) is 2.55. The van der Waals surface area contributed by atoms with Gasteiger partial charge in [0, 0.05) is 19.2 Å². The van der Waals surface area contributed by atoms with Crippen LogP contribution in [0.5, 0.6) is 0 Å². The number of hydrogen-bond donors (Lipinski definition) is 1. The molecule has 3 heteroatoms. The Balaban J connectivity index is 2.48. The molecule has 0 saturated heterocycles. The zero-order valence-corrected chi connectivity index (χ0v) is 10.5. The van der Waals surface area contributed by atoms with E-state index in [0.29, 0.717) is 6.10 Å². The monoisotopic (exact) mass is 214 g/mol. The van der Waals surface area contributed by atoms with Gasteiger partial charge in [0.25, 0.3) is 0 Å². The number of rotatable bonds is 7. The minimum Gasteiger partial charge on any atom is -0.381 e. The van der Waals surface area contributed by atoms with Gasteiger partial charge < -0.3 is 10.5 Å². The number of likely N-dealkylation sites (N-methyl/N-ethyl adjacent to an activating group) is 1. The quantitative estimate of drug-likeness (QED) is 0.700. The van der Waals surface area contributed by atoms with Crippen molar-refractivity contribution in [2.75, 3.05) is 26.7 Å². The summed E-state index contributed by atoms with van der Waals surface area (Å²) in [5.41, 5.74) is 6.18. The van der Waals surface area contributed by atoms with E-state index in [-0.39, 0.29) is 5.54 Å². The van der Waals surface area contributed by atoms with Crippen LogP contribution < -0.4 is 5.73 Å². The summed E-state index contributed by atoms with van der Waals surface area (Å²) >= 11 is 0. The van der Waals surface area contributed by atoms with Gasteiger partial charge in [0.2, 0.25) is 0 Å². The number of nitrogens with zero attached hydrogens (tertiary/aromatic N) is 1. The van der Waals surface area contributed by atoms with Crippen LogP contribution in [0, 0.1) is 0 Å². The molecule has 0 spiro atoms. The Morgan fingerprint density at radius 3 is 2.47 bits per heavy atom. The van der Waals surface area contributed by atoms with E-state index in [1.54, 1.807) is 7.11 Å². The Hall–Kier alpha value is -0.120. The Morgan fingerprint density at radius 2 is 2.07 bits per heavy atom. The third-order valence-corrected chi connectivity index (χ3v) is 3.76. The van der Waals surface area contributed by atoms with Gasteiger partial charge in [0.15, 0.2) is 0 Å². The first-order chi connectivity index (χ1) is 7.22. The fraction of sp³-hybridized carbons (Fsp3) is 1.00. The standard InChI is InChI=1S/C12H26N2O/c1-4-6-7-14(5-2)12(10-13)8-11(9-12)15-3/h11H,4-10,13H2,1-3H3. The zero-order chi connectivity index (χ0) is 11.3. The van der Waals surface area contributed by atoms with Crippen molar-refractivity contribution in [1.29, 1.82) is 0 Å². The SMILES string of the molecule is CCCCN(CC)C1(CN)CC(OC)C1. The lowest BCUT2D eigenvalue weighted by Gasteiger charge is -2.53. The molecule has 1 aliphatic carbocycles. The van der Waals surface area contributed by atoms with Crippen LogP contribution in [-0.2, 0) is 4.74 Å². The topological polar surface area (TPSA) is 38.5 Å². The summed E-state index contributed by atoms with van der Waals surface area (Å²) in [5.74, 6) is 0. The zero-order valence-electron chi connectivity index (χ0n) is 10.5. The summed E-state index contributed by atoms with van der Waals surface area (Å²) in [6, 6.07) is 0. The molecule has 0 radical (unpaired) electrons. The Bertz CT molecular complexity index is 178. The average Bonchev–Trinajstić information content (AvgIpc) is 2.21. The first-order valence-electron chi connectivity index (χ1n) is 6.20. The van der Waals surface area contributed by atoms with Crippen LogP contribution in [0.1, 0.15) is 39.5 Å². The van der Waals surface area contributed by atoms with Gasteiger partial charge in [0.05, 0.1) is 6.10 Å². The average molecular weight is 214 g/mol. The predicted molar refractivity (Wildman–Crippen MR) is 64.0 cm³/mol. The van der Waals surface area contributed by atoms with Crippen LogP contribution in [0.4, 0.5) is 0 Å². The molecule has 0 aliphatic heterocycles.